The maximum atomic E-state index is 13.7. The van der Waals surface area contributed by atoms with E-state index in [1.54, 1.807) is 0 Å². The second-order valence-corrected chi connectivity index (χ2v) is 5.44. The summed E-state index contributed by atoms with van der Waals surface area (Å²) in [5.41, 5.74) is 0.872. The van der Waals surface area contributed by atoms with Crippen LogP contribution in [0.5, 0.6) is 0 Å². The highest BCUT2D eigenvalue weighted by Gasteiger charge is 2.28. The first-order chi connectivity index (χ1) is 10.7. The van der Waals surface area contributed by atoms with Crippen LogP contribution < -0.4 is 10.6 Å². The quantitative estimate of drug-likeness (QED) is 0.847. The molecule has 0 unspecified atom stereocenters. The maximum Gasteiger partial charge on any atom is 0.166 e. The Morgan fingerprint density at radius 3 is 2.50 bits per heavy atom. The number of benzene rings is 2. The molecule has 0 bridgehead atoms. The molecule has 5 heteroatoms. The van der Waals surface area contributed by atoms with E-state index in [9.17, 15) is 13.2 Å². The van der Waals surface area contributed by atoms with Gasteiger partial charge in [0.15, 0.2) is 11.6 Å². The van der Waals surface area contributed by atoms with Crippen molar-refractivity contribution in [1.29, 1.82) is 0 Å². The number of halogens is 3. The zero-order valence-corrected chi connectivity index (χ0v) is 12.0. The molecule has 0 amide bonds. The molecule has 0 radical (unpaired) electrons. The van der Waals surface area contributed by atoms with Crippen molar-refractivity contribution in [2.45, 2.75) is 25.0 Å². The Balaban J connectivity index is 1.73. The molecule has 1 heterocycles. The van der Waals surface area contributed by atoms with Crippen molar-refractivity contribution < 1.29 is 13.2 Å². The van der Waals surface area contributed by atoms with E-state index in [0.717, 1.165) is 30.7 Å². The predicted octanol–water partition coefficient (Wildman–Crippen LogP) is 3.30. The zero-order valence-electron chi connectivity index (χ0n) is 12.0. The first-order valence-electron chi connectivity index (χ1n) is 7.31. The van der Waals surface area contributed by atoms with Gasteiger partial charge < -0.3 is 10.6 Å². The van der Waals surface area contributed by atoms with Crippen LogP contribution in [0.2, 0.25) is 0 Å². The molecule has 0 aliphatic carbocycles. The average molecular weight is 306 g/mol. The van der Waals surface area contributed by atoms with Gasteiger partial charge in [0.1, 0.15) is 5.82 Å². The maximum absolute atomic E-state index is 13.7. The van der Waals surface area contributed by atoms with E-state index in [4.69, 9.17) is 0 Å². The lowest BCUT2D eigenvalue weighted by Crippen LogP contribution is -2.34. The normalized spacial score (nSPS) is 21.2. The van der Waals surface area contributed by atoms with Gasteiger partial charge in [-0.1, -0.05) is 30.3 Å². The Morgan fingerprint density at radius 1 is 1.00 bits per heavy atom. The van der Waals surface area contributed by atoms with Crippen LogP contribution in [0.25, 0.3) is 0 Å². The van der Waals surface area contributed by atoms with E-state index in [-0.39, 0.29) is 24.2 Å². The van der Waals surface area contributed by atoms with Gasteiger partial charge in [0.2, 0.25) is 0 Å². The molecular formula is C17H17F3N2. The molecule has 1 fully saturated rings. The summed E-state index contributed by atoms with van der Waals surface area (Å²) in [7, 11) is 0. The lowest BCUT2D eigenvalue weighted by Gasteiger charge is -2.21. The Bertz CT molecular complexity index is 646. The van der Waals surface area contributed by atoms with Crippen molar-refractivity contribution in [3.8, 4) is 0 Å². The molecule has 1 aliphatic rings. The number of hydrogen-bond donors (Lipinski definition) is 2. The van der Waals surface area contributed by atoms with Gasteiger partial charge in [-0.3, -0.25) is 0 Å². The molecule has 22 heavy (non-hydrogen) atoms. The molecule has 2 aromatic carbocycles. The van der Waals surface area contributed by atoms with Gasteiger partial charge >= 0.3 is 0 Å². The molecule has 1 aliphatic heterocycles. The van der Waals surface area contributed by atoms with Crippen molar-refractivity contribution in [3.05, 3.63) is 71.0 Å². The molecule has 1 saturated heterocycles. The zero-order chi connectivity index (χ0) is 15.5. The largest absolute Gasteiger partial charge is 0.309 e. The summed E-state index contributed by atoms with van der Waals surface area (Å²) in [6.07, 6.45) is 0.845. The smallest absolute Gasteiger partial charge is 0.166 e. The Hall–Kier alpha value is -1.85. The van der Waals surface area contributed by atoms with Gasteiger partial charge in [-0.25, -0.2) is 13.2 Å². The second kappa shape index (κ2) is 6.50. The van der Waals surface area contributed by atoms with Crippen LogP contribution in [0.3, 0.4) is 0 Å². The molecule has 2 aromatic rings. The Labute approximate surface area is 127 Å². The van der Waals surface area contributed by atoms with Crippen LogP contribution >= 0.6 is 0 Å². The molecule has 0 spiro atoms. The summed E-state index contributed by atoms with van der Waals surface area (Å²) in [6.45, 7) is 0.788. The van der Waals surface area contributed by atoms with Crippen LogP contribution in [-0.4, -0.2) is 12.6 Å². The fraction of sp³-hybridized carbons (Fsp3) is 0.294. The molecule has 116 valence electrons. The molecule has 0 saturated carbocycles. The lowest BCUT2D eigenvalue weighted by molar-refractivity contribution is 0.431. The number of nitrogens with one attached hydrogen (secondary N) is 2. The van der Waals surface area contributed by atoms with E-state index in [1.807, 2.05) is 30.3 Å². The molecular weight excluding hydrogens is 289 g/mol. The summed E-state index contributed by atoms with van der Waals surface area (Å²) in [6, 6.07) is 11.8. The van der Waals surface area contributed by atoms with E-state index in [0.29, 0.717) is 0 Å². The molecule has 0 aromatic heterocycles. The van der Waals surface area contributed by atoms with Crippen molar-refractivity contribution in [1.82, 2.24) is 10.6 Å². The minimum absolute atomic E-state index is 0.0366. The first kappa shape index (κ1) is 15.1. The summed E-state index contributed by atoms with van der Waals surface area (Å²) in [5.74, 6) is -2.87. The van der Waals surface area contributed by atoms with Crippen molar-refractivity contribution >= 4 is 0 Å². The highest BCUT2D eigenvalue weighted by molar-refractivity contribution is 5.24. The topological polar surface area (TPSA) is 24.1 Å². The second-order valence-electron chi connectivity index (χ2n) is 5.44. The van der Waals surface area contributed by atoms with Crippen LogP contribution in [0.4, 0.5) is 13.2 Å². The third kappa shape index (κ3) is 3.00. The van der Waals surface area contributed by atoms with E-state index >= 15 is 0 Å². The highest BCUT2D eigenvalue weighted by Crippen LogP contribution is 2.24. The van der Waals surface area contributed by atoms with Crippen LogP contribution in [-0.2, 0) is 6.54 Å². The van der Waals surface area contributed by atoms with Gasteiger partial charge in [0.25, 0.3) is 0 Å². The fourth-order valence-corrected chi connectivity index (χ4v) is 2.90. The SMILES string of the molecule is Fc1ccc(F)c(CN[C@@H]2CCN[C@@H]2c2ccccc2)c1F. The summed E-state index contributed by atoms with van der Waals surface area (Å²) in [4.78, 5) is 0. The summed E-state index contributed by atoms with van der Waals surface area (Å²) in [5, 5.41) is 6.52. The van der Waals surface area contributed by atoms with Crippen LogP contribution in [0.15, 0.2) is 42.5 Å². The monoisotopic (exact) mass is 306 g/mol. The van der Waals surface area contributed by atoms with Crippen molar-refractivity contribution in [2.24, 2.45) is 0 Å². The third-order valence-electron chi connectivity index (χ3n) is 4.06. The van der Waals surface area contributed by atoms with Gasteiger partial charge in [0.05, 0.1) is 0 Å². The first-order valence-corrected chi connectivity index (χ1v) is 7.31. The van der Waals surface area contributed by atoms with Gasteiger partial charge in [-0.05, 0) is 30.7 Å². The van der Waals surface area contributed by atoms with Crippen molar-refractivity contribution in [3.63, 3.8) is 0 Å². The number of hydrogen-bond acceptors (Lipinski definition) is 2. The minimum atomic E-state index is -1.12. The number of rotatable bonds is 4. The summed E-state index contributed by atoms with van der Waals surface area (Å²) >= 11 is 0. The predicted molar refractivity (Wildman–Crippen MR) is 78.7 cm³/mol. The van der Waals surface area contributed by atoms with E-state index in [1.165, 1.54) is 0 Å². The van der Waals surface area contributed by atoms with Gasteiger partial charge in [-0.2, -0.15) is 0 Å². The molecule has 3 rings (SSSR count). The van der Waals surface area contributed by atoms with Gasteiger partial charge in [0, 0.05) is 24.2 Å². The van der Waals surface area contributed by atoms with Crippen LogP contribution in [0.1, 0.15) is 23.6 Å². The third-order valence-corrected chi connectivity index (χ3v) is 4.06. The van der Waals surface area contributed by atoms with E-state index in [2.05, 4.69) is 10.6 Å². The molecule has 2 atom stereocenters. The van der Waals surface area contributed by atoms with E-state index < -0.39 is 17.5 Å². The lowest BCUT2D eigenvalue weighted by atomic mass is 10.0. The highest BCUT2D eigenvalue weighted by atomic mass is 19.2. The van der Waals surface area contributed by atoms with Gasteiger partial charge in [-0.15, -0.1) is 0 Å². The fourth-order valence-electron chi connectivity index (χ4n) is 2.90. The Morgan fingerprint density at radius 2 is 1.73 bits per heavy atom. The summed E-state index contributed by atoms with van der Waals surface area (Å²) < 4.78 is 40.6. The average Bonchev–Trinajstić information content (AvgIpc) is 3.00. The van der Waals surface area contributed by atoms with Crippen molar-refractivity contribution in [2.75, 3.05) is 6.54 Å². The van der Waals surface area contributed by atoms with Crippen LogP contribution in [0, 0.1) is 17.5 Å². The minimum Gasteiger partial charge on any atom is -0.309 e. The Kier molecular flexibility index (Phi) is 4.45. The standard InChI is InChI=1S/C17H17F3N2/c18-13-6-7-14(19)16(20)12(13)10-22-15-8-9-21-17(15)11-4-2-1-3-5-11/h1-7,15,17,21-22H,8-10H2/t15-,17-/m1/s1. The molecule has 2 N–H and O–H groups in total. The molecule has 2 nitrogen and oxygen atoms in total.